The molecule has 2 aliphatic heterocycles. The van der Waals surface area contributed by atoms with E-state index >= 15 is 0 Å². The molecule has 4 rings (SSSR count). The SMILES string of the molecule is CCC(CCCCN)C(=O)CC1N=C(c2ccc(Cl)cc2)c2cc(OC)ccc2N2C1=NNC2C. The third-order valence-electron chi connectivity index (χ3n) is 6.77. The molecular formula is C27H34ClN5O2. The summed E-state index contributed by atoms with van der Waals surface area (Å²) in [5, 5.41) is 5.30. The lowest BCUT2D eigenvalue weighted by Crippen LogP contribution is -2.42. The third-order valence-corrected chi connectivity index (χ3v) is 7.02. The van der Waals surface area contributed by atoms with Gasteiger partial charge in [-0.3, -0.25) is 15.2 Å². The number of hydrogen-bond donors (Lipinski definition) is 2. The van der Waals surface area contributed by atoms with E-state index in [4.69, 9.17) is 27.1 Å². The summed E-state index contributed by atoms with van der Waals surface area (Å²) >= 11 is 6.18. The highest BCUT2D eigenvalue weighted by Gasteiger charge is 2.38. The second-order valence-electron chi connectivity index (χ2n) is 9.09. The van der Waals surface area contributed by atoms with Crippen LogP contribution in [-0.4, -0.2) is 43.2 Å². The lowest BCUT2D eigenvalue weighted by atomic mass is 9.90. The first-order chi connectivity index (χ1) is 17.0. The van der Waals surface area contributed by atoms with Gasteiger partial charge in [-0.05, 0) is 63.1 Å². The van der Waals surface area contributed by atoms with E-state index in [1.54, 1.807) is 7.11 Å². The van der Waals surface area contributed by atoms with Crippen LogP contribution in [0.1, 0.15) is 57.1 Å². The normalized spacial score (nSPS) is 19.6. The molecule has 8 heteroatoms. The quantitative estimate of drug-likeness (QED) is 0.464. The van der Waals surface area contributed by atoms with E-state index in [2.05, 4.69) is 29.3 Å². The summed E-state index contributed by atoms with van der Waals surface area (Å²) in [4.78, 5) is 20.8. The number of nitrogens with one attached hydrogen (secondary N) is 1. The van der Waals surface area contributed by atoms with E-state index < -0.39 is 6.04 Å². The Morgan fingerprint density at radius 3 is 2.69 bits per heavy atom. The fourth-order valence-corrected chi connectivity index (χ4v) is 4.95. The number of hydrazone groups is 1. The maximum atomic E-state index is 13.4. The van der Waals surface area contributed by atoms with Crippen LogP contribution in [0.15, 0.2) is 52.6 Å². The lowest BCUT2D eigenvalue weighted by Gasteiger charge is -2.27. The number of nitrogens with zero attached hydrogens (tertiary/aromatic N) is 3. The second-order valence-corrected chi connectivity index (χ2v) is 9.53. The average molecular weight is 496 g/mol. The molecule has 0 radical (unpaired) electrons. The zero-order valence-electron chi connectivity index (χ0n) is 20.6. The molecule has 7 nitrogen and oxygen atoms in total. The Balaban J connectivity index is 1.78. The van der Waals surface area contributed by atoms with Crippen LogP contribution < -0.4 is 20.8 Å². The number of aliphatic imine (C=N–C) groups is 1. The minimum atomic E-state index is -0.410. The lowest BCUT2D eigenvalue weighted by molar-refractivity contribution is -0.123. The van der Waals surface area contributed by atoms with E-state index in [0.29, 0.717) is 18.0 Å². The number of rotatable bonds is 10. The molecule has 0 saturated heterocycles. The van der Waals surface area contributed by atoms with Gasteiger partial charge in [-0.15, -0.1) is 0 Å². The molecule has 0 aliphatic carbocycles. The van der Waals surface area contributed by atoms with Gasteiger partial charge in [0.25, 0.3) is 0 Å². The van der Waals surface area contributed by atoms with E-state index in [9.17, 15) is 4.79 Å². The van der Waals surface area contributed by atoms with Crippen LogP contribution >= 0.6 is 11.6 Å². The number of anilines is 1. The molecule has 2 aromatic rings. The number of amidine groups is 1. The predicted molar refractivity (Wildman–Crippen MR) is 143 cm³/mol. The average Bonchev–Trinajstić information content (AvgIpc) is 3.19. The number of Topliss-reactive ketones (excluding diaryl/α,β-unsaturated/α-hetero) is 1. The van der Waals surface area contributed by atoms with Crippen molar-refractivity contribution in [3.8, 4) is 5.75 Å². The van der Waals surface area contributed by atoms with Crippen molar-refractivity contribution in [1.29, 1.82) is 0 Å². The number of ketones is 1. The summed E-state index contributed by atoms with van der Waals surface area (Å²) in [6.07, 6.45) is 3.79. The van der Waals surface area contributed by atoms with Gasteiger partial charge in [0.15, 0.2) is 5.84 Å². The van der Waals surface area contributed by atoms with Crippen molar-refractivity contribution < 1.29 is 9.53 Å². The van der Waals surface area contributed by atoms with Gasteiger partial charge >= 0.3 is 0 Å². The van der Waals surface area contributed by atoms with Crippen molar-refractivity contribution in [1.82, 2.24) is 5.43 Å². The monoisotopic (exact) mass is 495 g/mol. The van der Waals surface area contributed by atoms with Crippen LogP contribution in [0.25, 0.3) is 0 Å². The molecule has 2 aromatic carbocycles. The summed E-state index contributed by atoms with van der Waals surface area (Å²) in [7, 11) is 1.65. The van der Waals surface area contributed by atoms with Crippen LogP contribution in [0.4, 0.5) is 5.69 Å². The molecule has 3 unspecified atom stereocenters. The highest BCUT2D eigenvalue weighted by atomic mass is 35.5. The van der Waals surface area contributed by atoms with Gasteiger partial charge in [-0.1, -0.05) is 37.1 Å². The number of nitrogens with two attached hydrogens (primary N) is 1. The van der Waals surface area contributed by atoms with Crippen molar-refractivity contribution in [2.45, 2.75) is 58.2 Å². The molecule has 186 valence electrons. The Labute approximate surface area is 212 Å². The highest BCUT2D eigenvalue weighted by Crippen LogP contribution is 2.35. The summed E-state index contributed by atoms with van der Waals surface area (Å²) in [5.41, 5.74) is 12.5. The Morgan fingerprint density at radius 2 is 2.00 bits per heavy atom. The number of methoxy groups -OCH3 is 1. The summed E-state index contributed by atoms with van der Waals surface area (Å²) < 4.78 is 5.54. The number of ether oxygens (including phenoxy) is 1. The molecule has 0 saturated carbocycles. The van der Waals surface area contributed by atoms with Crippen molar-refractivity contribution in [3.63, 3.8) is 0 Å². The first kappa shape index (κ1) is 25.2. The van der Waals surface area contributed by atoms with E-state index in [0.717, 1.165) is 59.8 Å². The minimum Gasteiger partial charge on any atom is -0.497 e. The standard InChI is InChI=1S/C27H34ClN5O2/c1-4-18(7-5-6-14-29)25(34)16-23-27-32-31-17(2)33(27)24-13-12-21(35-3)15-22(24)26(30-23)19-8-10-20(28)11-9-19/h8-13,15,17-18,23,31H,4-7,14,16,29H2,1-3H3. The third kappa shape index (κ3) is 5.36. The van der Waals surface area contributed by atoms with Crippen molar-refractivity contribution in [3.05, 3.63) is 58.6 Å². The highest BCUT2D eigenvalue weighted by molar-refractivity contribution is 6.31. The molecule has 0 spiro atoms. The summed E-state index contributed by atoms with van der Waals surface area (Å²) in [5.74, 6) is 1.73. The van der Waals surface area contributed by atoms with Crippen LogP contribution in [0.2, 0.25) is 5.02 Å². The number of carbonyl (C=O) groups is 1. The Kier molecular flexibility index (Phi) is 8.08. The molecule has 0 fully saturated rings. The molecule has 0 bridgehead atoms. The number of carbonyl (C=O) groups excluding carboxylic acids is 1. The van der Waals surface area contributed by atoms with Crippen molar-refractivity contribution in [2.24, 2.45) is 21.7 Å². The summed E-state index contributed by atoms with van der Waals surface area (Å²) in [6, 6.07) is 13.2. The van der Waals surface area contributed by atoms with Gasteiger partial charge < -0.3 is 15.4 Å². The zero-order chi connectivity index (χ0) is 24.9. The maximum Gasteiger partial charge on any atom is 0.156 e. The Morgan fingerprint density at radius 1 is 1.23 bits per heavy atom. The number of unbranched alkanes of at least 4 members (excludes halogenated alkanes) is 1. The topological polar surface area (TPSA) is 92.3 Å². The number of fused-ring (bicyclic) bond motifs is 3. The molecule has 2 heterocycles. The van der Waals surface area contributed by atoms with Gasteiger partial charge in [0.1, 0.15) is 23.7 Å². The van der Waals surface area contributed by atoms with Crippen LogP contribution in [0, 0.1) is 5.92 Å². The summed E-state index contributed by atoms with van der Waals surface area (Å²) in [6.45, 7) is 4.78. The van der Waals surface area contributed by atoms with Crippen molar-refractivity contribution in [2.75, 3.05) is 18.6 Å². The predicted octanol–water partition coefficient (Wildman–Crippen LogP) is 4.75. The largest absolute Gasteiger partial charge is 0.497 e. The molecule has 35 heavy (non-hydrogen) atoms. The molecule has 0 amide bonds. The van der Waals surface area contributed by atoms with E-state index in [-0.39, 0.29) is 17.9 Å². The first-order valence-electron chi connectivity index (χ1n) is 12.3. The number of halogens is 1. The van der Waals surface area contributed by atoms with Gasteiger partial charge in [0.05, 0.1) is 18.5 Å². The number of hydrogen-bond acceptors (Lipinski definition) is 7. The smallest absolute Gasteiger partial charge is 0.156 e. The van der Waals surface area contributed by atoms with Gasteiger partial charge in [0, 0.05) is 28.5 Å². The molecule has 3 N–H and O–H groups in total. The van der Waals surface area contributed by atoms with Gasteiger partial charge in [-0.25, -0.2) is 0 Å². The van der Waals surface area contributed by atoms with E-state index in [1.165, 1.54) is 0 Å². The van der Waals surface area contributed by atoms with Crippen LogP contribution in [-0.2, 0) is 4.79 Å². The molecule has 2 aliphatic rings. The fourth-order valence-electron chi connectivity index (χ4n) is 4.82. The van der Waals surface area contributed by atoms with Gasteiger partial charge in [-0.2, -0.15) is 5.10 Å². The minimum absolute atomic E-state index is 0.00212. The second kappa shape index (κ2) is 11.2. The van der Waals surface area contributed by atoms with Gasteiger partial charge in [0.2, 0.25) is 0 Å². The van der Waals surface area contributed by atoms with Crippen LogP contribution in [0.3, 0.4) is 0 Å². The molecule has 3 atom stereocenters. The number of benzene rings is 2. The fraction of sp³-hybridized carbons (Fsp3) is 0.444. The Bertz CT molecular complexity index is 1120. The zero-order valence-corrected chi connectivity index (χ0v) is 21.4. The van der Waals surface area contributed by atoms with Crippen LogP contribution in [0.5, 0.6) is 5.75 Å². The first-order valence-corrected chi connectivity index (χ1v) is 12.7. The Hall–Kier alpha value is -2.90. The van der Waals surface area contributed by atoms with Crippen molar-refractivity contribution >= 4 is 34.6 Å². The molecular weight excluding hydrogens is 462 g/mol. The maximum absolute atomic E-state index is 13.4. The molecule has 0 aromatic heterocycles. The van der Waals surface area contributed by atoms with E-state index in [1.807, 2.05) is 42.5 Å².